The van der Waals surface area contributed by atoms with E-state index < -0.39 is 21.7 Å². The third-order valence-electron chi connectivity index (χ3n) is 5.45. The van der Waals surface area contributed by atoms with Crippen molar-refractivity contribution >= 4 is 33.3 Å². The lowest BCUT2D eigenvalue weighted by Gasteiger charge is -2.10. The van der Waals surface area contributed by atoms with E-state index in [-0.39, 0.29) is 39.1 Å². The number of pyridine rings is 1. The second-order valence-electron chi connectivity index (χ2n) is 7.73. The number of fused-ring (bicyclic) bond motifs is 2. The van der Waals surface area contributed by atoms with Gasteiger partial charge in [-0.1, -0.05) is 18.2 Å². The summed E-state index contributed by atoms with van der Waals surface area (Å²) in [4.78, 5) is 37.4. The molecule has 3 heterocycles. The monoisotopic (exact) mass is 486 g/mol. The molecule has 4 aromatic rings. The fraction of sp³-hybridized carbons (Fsp3) is 0.0417. The number of hydrogen-bond acceptors (Lipinski definition) is 8. The molecule has 0 saturated carbocycles. The van der Waals surface area contributed by atoms with Gasteiger partial charge >= 0.3 is 0 Å². The van der Waals surface area contributed by atoms with Crippen LogP contribution in [0.2, 0.25) is 0 Å². The number of nitrogen functional groups attached to an aromatic ring is 1. The zero-order chi connectivity index (χ0) is 24.6. The van der Waals surface area contributed by atoms with Crippen LogP contribution < -0.4 is 16.4 Å². The number of rotatable bonds is 4. The number of anilines is 2. The lowest BCUT2D eigenvalue weighted by atomic mass is 10.1. The summed E-state index contributed by atoms with van der Waals surface area (Å²) in [6.07, 6.45) is 4.76. The van der Waals surface area contributed by atoms with Crippen molar-refractivity contribution in [3.05, 3.63) is 89.9 Å². The van der Waals surface area contributed by atoms with Crippen LogP contribution >= 0.6 is 0 Å². The molecular formula is C24H18N6O4S. The Morgan fingerprint density at radius 3 is 2.46 bits per heavy atom. The molecule has 0 atom stereocenters. The van der Waals surface area contributed by atoms with E-state index in [2.05, 4.69) is 25.6 Å². The summed E-state index contributed by atoms with van der Waals surface area (Å²) in [6, 6.07) is 13.7. The number of carbonyl (C=O) groups is 2. The standard InChI is InChI=1S/C24H18N6O4S/c25-24-28-12-16(13-29-24)18-7-5-14(10-26-18)11-27-22(31)15-6-8-21-19(9-15)30-23(32)17-3-1-2-4-20(17)35(21,33)34/h1-10,12-13H,11H2,(H,27,31)(H,30,32)(H2,25,28,29). The van der Waals surface area contributed by atoms with Gasteiger partial charge in [0.1, 0.15) is 0 Å². The molecule has 1 aliphatic rings. The van der Waals surface area contributed by atoms with Gasteiger partial charge < -0.3 is 16.4 Å². The molecule has 35 heavy (non-hydrogen) atoms. The van der Waals surface area contributed by atoms with Gasteiger partial charge in [-0.3, -0.25) is 14.6 Å². The lowest BCUT2D eigenvalue weighted by molar-refractivity contribution is 0.0949. The topological polar surface area (TPSA) is 157 Å². The molecule has 0 radical (unpaired) electrons. The van der Waals surface area contributed by atoms with Gasteiger partial charge in [0.05, 0.1) is 26.7 Å². The molecule has 0 aliphatic carbocycles. The minimum Gasteiger partial charge on any atom is -0.368 e. The summed E-state index contributed by atoms with van der Waals surface area (Å²) in [5.41, 5.74) is 7.92. The maximum absolute atomic E-state index is 13.1. The molecule has 2 aromatic heterocycles. The Morgan fingerprint density at radius 2 is 1.71 bits per heavy atom. The number of nitrogens with one attached hydrogen (secondary N) is 2. The highest BCUT2D eigenvalue weighted by Crippen LogP contribution is 2.34. The number of sulfone groups is 1. The van der Waals surface area contributed by atoms with Crippen LogP contribution in [0.25, 0.3) is 11.3 Å². The van der Waals surface area contributed by atoms with Crippen LogP contribution in [-0.4, -0.2) is 35.2 Å². The molecule has 0 spiro atoms. The Kier molecular flexibility index (Phi) is 5.46. The summed E-state index contributed by atoms with van der Waals surface area (Å²) in [5.74, 6) is -0.817. The Morgan fingerprint density at radius 1 is 0.943 bits per heavy atom. The maximum atomic E-state index is 13.1. The molecular weight excluding hydrogens is 468 g/mol. The van der Waals surface area contributed by atoms with E-state index in [9.17, 15) is 18.0 Å². The third kappa shape index (κ3) is 4.20. The second kappa shape index (κ2) is 8.61. The van der Waals surface area contributed by atoms with E-state index in [4.69, 9.17) is 5.73 Å². The number of carbonyl (C=O) groups excluding carboxylic acids is 2. The van der Waals surface area contributed by atoms with Crippen molar-refractivity contribution in [1.82, 2.24) is 20.3 Å². The maximum Gasteiger partial charge on any atom is 0.257 e. The van der Waals surface area contributed by atoms with Gasteiger partial charge in [0, 0.05) is 36.3 Å². The van der Waals surface area contributed by atoms with Crippen LogP contribution in [-0.2, 0) is 16.4 Å². The predicted molar refractivity (Wildman–Crippen MR) is 127 cm³/mol. The van der Waals surface area contributed by atoms with Crippen LogP contribution in [0.1, 0.15) is 26.3 Å². The first-order valence-electron chi connectivity index (χ1n) is 10.4. The highest BCUT2D eigenvalue weighted by atomic mass is 32.2. The van der Waals surface area contributed by atoms with Crippen molar-refractivity contribution < 1.29 is 18.0 Å². The largest absolute Gasteiger partial charge is 0.368 e. The molecule has 0 fully saturated rings. The van der Waals surface area contributed by atoms with Crippen molar-refractivity contribution in [3.8, 4) is 11.3 Å². The normalized spacial score (nSPS) is 13.7. The van der Waals surface area contributed by atoms with Gasteiger partial charge in [0.25, 0.3) is 11.8 Å². The van der Waals surface area contributed by atoms with E-state index in [1.165, 1.54) is 30.3 Å². The van der Waals surface area contributed by atoms with Crippen LogP contribution in [0.3, 0.4) is 0 Å². The molecule has 2 amide bonds. The molecule has 1 aliphatic heterocycles. The Balaban J connectivity index is 1.33. The summed E-state index contributed by atoms with van der Waals surface area (Å²) >= 11 is 0. The smallest absolute Gasteiger partial charge is 0.257 e. The average molecular weight is 487 g/mol. The van der Waals surface area contributed by atoms with Gasteiger partial charge in [-0.05, 0) is 42.0 Å². The molecule has 5 rings (SSSR count). The lowest BCUT2D eigenvalue weighted by Crippen LogP contribution is -2.23. The fourth-order valence-corrected chi connectivity index (χ4v) is 5.25. The van der Waals surface area contributed by atoms with Gasteiger partial charge in [-0.15, -0.1) is 0 Å². The Labute approximate surface area is 200 Å². The van der Waals surface area contributed by atoms with Crippen molar-refractivity contribution in [2.24, 2.45) is 0 Å². The average Bonchev–Trinajstić information content (AvgIpc) is 2.95. The fourth-order valence-electron chi connectivity index (χ4n) is 3.65. The molecule has 174 valence electrons. The number of nitrogens with zero attached hydrogens (tertiary/aromatic N) is 3. The second-order valence-corrected chi connectivity index (χ2v) is 9.62. The number of amides is 2. The molecule has 0 saturated heterocycles. The highest BCUT2D eigenvalue weighted by molar-refractivity contribution is 7.91. The van der Waals surface area contributed by atoms with E-state index >= 15 is 0 Å². The first-order valence-corrected chi connectivity index (χ1v) is 11.9. The summed E-state index contributed by atoms with van der Waals surface area (Å²) in [6.45, 7) is 0.192. The first kappa shape index (κ1) is 22.2. The van der Waals surface area contributed by atoms with Crippen molar-refractivity contribution in [2.45, 2.75) is 16.3 Å². The SMILES string of the molecule is Nc1ncc(-c2ccc(CNC(=O)c3ccc4c(c3)NC(=O)c3ccccc3S4(=O)=O)cn2)cn1. The predicted octanol–water partition coefficient (Wildman–Crippen LogP) is 2.45. The highest BCUT2D eigenvalue weighted by Gasteiger charge is 2.31. The number of hydrogen-bond donors (Lipinski definition) is 3. The van der Waals surface area contributed by atoms with Gasteiger partial charge in [0.15, 0.2) is 0 Å². The van der Waals surface area contributed by atoms with Crippen molar-refractivity contribution in [1.29, 1.82) is 0 Å². The van der Waals surface area contributed by atoms with Crippen LogP contribution in [0.5, 0.6) is 0 Å². The Bertz CT molecular complexity index is 1570. The zero-order valence-electron chi connectivity index (χ0n) is 18.1. The molecule has 11 heteroatoms. The molecule has 2 aromatic carbocycles. The number of nitrogens with two attached hydrogens (primary N) is 1. The molecule has 0 unspecified atom stereocenters. The molecule has 0 bridgehead atoms. The van der Waals surface area contributed by atoms with E-state index in [0.717, 1.165) is 5.56 Å². The van der Waals surface area contributed by atoms with E-state index in [1.807, 2.05) is 0 Å². The van der Waals surface area contributed by atoms with E-state index in [0.29, 0.717) is 11.3 Å². The Hall–Kier alpha value is -4.64. The van der Waals surface area contributed by atoms with Crippen LogP contribution in [0.4, 0.5) is 11.6 Å². The third-order valence-corrected chi connectivity index (χ3v) is 7.32. The van der Waals surface area contributed by atoms with Crippen LogP contribution in [0, 0.1) is 0 Å². The van der Waals surface area contributed by atoms with Gasteiger partial charge in [-0.25, -0.2) is 18.4 Å². The first-order chi connectivity index (χ1) is 16.8. The zero-order valence-corrected chi connectivity index (χ0v) is 18.9. The number of benzene rings is 2. The number of aromatic nitrogens is 3. The van der Waals surface area contributed by atoms with Crippen molar-refractivity contribution in [3.63, 3.8) is 0 Å². The van der Waals surface area contributed by atoms with Gasteiger partial charge in [0.2, 0.25) is 15.8 Å². The van der Waals surface area contributed by atoms with Crippen molar-refractivity contribution in [2.75, 3.05) is 11.1 Å². The summed E-state index contributed by atoms with van der Waals surface area (Å²) in [5, 5.41) is 5.37. The molecule has 10 nitrogen and oxygen atoms in total. The summed E-state index contributed by atoms with van der Waals surface area (Å²) in [7, 11) is -3.94. The molecule has 4 N–H and O–H groups in total. The van der Waals surface area contributed by atoms with Crippen LogP contribution in [0.15, 0.2) is 83.0 Å². The quantitative estimate of drug-likeness (QED) is 0.397. The summed E-state index contributed by atoms with van der Waals surface area (Å²) < 4.78 is 26.2. The minimum atomic E-state index is -3.94. The van der Waals surface area contributed by atoms with E-state index in [1.54, 1.807) is 42.9 Å². The minimum absolute atomic E-state index is 0.0515. The van der Waals surface area contributed by atoms with Gasteiger partial charge in [-0.2, -0.15) is 0 Å².